The lowest BCUT2D eigenvalue weighted by atomic mass is 9.99. The summed E-state index contributed by atoms with van der Waals surface area (Å²) in [5, 5.41) is 0.597. The highest BCUT2D eigenvalue weighted by Gasteiger charge is 2.10. The average Bonchev–Trinajstić information content (AvgIpc) is 2.41. The van der Waals surface area contributed by atoms with Gasteiger partial charge in [0, 0.05) is 6.04 Å². The van der Waals surface area contributed by atoms with E-state index in [9.17, 15) is 0 Å². The fourth-order valence-electron chi connectivity index (χ4n) is 2.01. The zero-order chi connectivity index (χ0) is 13.8. The number of ether oxygens (including phenoxy) is 1. The van der Waals surface area contributed by atoms with Crippen LogP contribution in [0.1, 0.15) is 22.7 Å². The first-order valence-electron chi connectivity index (χ1n) is 6.24. The van der Waals surface area contributed by atoms with Gasteiger partial charge in [-0.1, -0.05) is 47.5 Å². The fraction of sp³-hybridized carbons (Fsp3) is 0.250. The van der Waals surface area contributed by atoms with Gasteiger partial charge in [0.2, 0.25) is 0 Å². The number of nitrogens with two attached hydrogens (primary N) is 1. The second-order valence-electron chi connectivity index (χ2n) is 4.69. The molecular weight excluding hydrogens is 258 g/mol. The van der Waals surface area contributed by atoms with E-state index in [1.807, 2.05) is 18.2 Å². The highest BCUT2D eigenvalue weighted by molar-refractivity contribution is 6.32. The van der Waals surface area contributed by atoms with E-state index < -0.39 is 0 Å². The van der Waals surface area contributed by atoms with Gasteiger partial charge in [0.05, 0.1) is 12.1 Å². The number of hydrogen-bond acceptors (Lipinski definition) is 2. The van der Waals surface area contributed by atoms with Crippen molar-refractivity contribution in [2.45, 2.75) is 19.4 Å². The summed E-state index contributed by atoms with van der Waals surface area (Å²) in [6.07, 6.45) is 0.795. The summed E-state index contributed by atoms with van der Waals surface area (Å²) >= 11 is 6.12. The van der Waals surface area contributed by atoms with Gasteiger partial charge in [0.25, 0.3) is 0 Å². The zero-order valence-corrected chi connectivity index (χ0v) is 11.9. The molecule has 0 radical (unpaired) electrons. The third-order valence-electron chi connectivity index (χ3n) is 3.18. The average molecular weight is 276 g/mol. The maximum atomic E-state index is 6.23. The number of methoxy groups -OCH3 is 1. The smallest absolute Gasteiger partial charge is 0.137 e. The van der Waals surface area contributed by atoms with Gasteiger partial charge in [-0.3, -0.25) is 0 Å². The molecule has 0 aliphatic heterocycles. The van der Waals surface area contributed by atoms with Gasteiger partial charge < -0.3 is 10.5 Å². The summed E-state index contributed by atoms with van der Waals surface area (Å²) < 4.78 is 5.14. The van der Waals surface area contributed by atoms with Crippen LogP contribution in [0.15, 0.2) is 42.5 Å². The van der Waals surface area contributed by atoms with Crippen LogP contribution in [0.2, 0.25) is 5.02 Å². The molecule has 100 valence electrons. The van der Waals surface area contributed by atoms with E-state index in [0.717, 1.165) is 12.0 Å². The van der Waals surface area contributed by atoms with Crippen molar-refractivity contribution >= 4 is 11.6 Å². The Kier molecular flexibility index (Phi) is 4.46. The van der Waals surface area contributed by atoms with E-state index in [4.69, 9.17) is 22.1 Å². The third-order valence-corrected chi connectivity index (χ3v) is 3.48. The van der Waals surface area contributed by atoms with Crippen molar-refractivity contribution in [3.8, 4) is 5.75 Å². The molecule has 0 saturated heterocycles. The number of benzene rings is 2. The summed E-state index contributed by atoms with van der Waals surface area (Å²) in [5.74, 6) is 0.674. The molecule has 3 heteroatoms. The number of aryl methyl sites for hydroxylation is 1. The van der Waals surface area contributed by atoms with Gasteiger partial charge in [-0.25, -0.2) is 0 Å². The quantitative estimate of drug-likeness (QED) is 0.918. The Labute approximate surface area is 119 Å². The van der Waals surface area contributed by atoms with Crippen molar-refractivity contribution in [1.82, 2.24) is 0 Å². The summed E-state index contributed by atoms with van der Waals surface area (Å²) in [6, 6.07) is 14.0. The molecule has 0 fully saturated rings. The van der Waals surface area contributed by atoms with Gasteiger partial charge in [0.15, 0.2) is 0 Å². The predicted octanol–water partition coefficient (Wildman–Crippen LogP) is 3.90. The molecule has 19 heavy (non-hydrogen) atoms. The minimum Gasteiger partial charge on any atom is -0.495 e. The zero-order valence-electron chi connectivity index (χ0n) is 11.2. The lowest BCUT2D eigenvalue weighted by Gasteiger charge is -2.14. The van der Waals surface area contributed by atoms with E-state index in [-0.39, 0.29) is 6.04 Å². The molecule has 0 aromatic heterocycles. The number of hydrogen-bond donors (Lipinski definition) is 1. The second kappa shape index (κ2) is 6.09. The molecule has 2 nitrogen and oxygen atoms in total. The van der Waals surface area contributed by atoms with Crippen LogP contribution in [0.5, 0.6) is 5.75 Å². The van der Waals surface area contributed by atoms with Crippen molar-refractivity contribution in [2.75, 3.05) is 7.11 Å². The molecule has 0 aliphatic carbocycles. The Morgan fingerprint density at radius 1 is 1.16 bits per heavy atom. The van der Waals surface area contributed by atoms with Crippen molar-refractivity contribution < 1.29 is 4.74 Å². The standard InChI is InChI=1S/C16H18ClNO/c1-11-3-5-12(6-4-11)9-15(18)13-7-8-16(19-2)14(17)10-13/h3-8,10,15H,9,18H2,1-2H3. The van der Waals surface area contributed by atoms with Crippen LogP contribution in [0.25, 0.3) is 0 Å². The minimum atomic E-state index is -0.0638. The lowest BCUT2D eigenvalue weighted by molar-refractivity contribution is 0.414. The second-order valence-corrected chi connectivity index (χ2v) is 5.10. The number of halogens is 1. The molecule has 0 amide bonds. The topological polar surface area (TPSA) is 35.2 Å². The molecule has 0 saturated carbocycles. The highest BCUT2D eigenvalue weighted by atomic mass is 35.5. The summed E-state index contributed by atoms with van der Waals surface area (Å²) in [7, 11) is 1.60. The Morgan fingerprint density at radius 3 is 2.42 bits per heavy atom. The molecule has 0 spiro atoms. The molecule has 1 unspecified atom stereocenters. The van der Waals surface area contributed by atoms with Crippen molar-refractivity contribution in [3.05, 3.63) is 64.2 Å². The Balaban J connectivity index is 2.13. The highest BCUT2D eigenvalue weighted by Crippen LogP contribution is 2.28. The van der Waals surface area contributed by atoms with Crippen LogP contribution in [0, 0.1) is 6.92 Å². The van der Waals surface area contributed by atoms with E-state index >= 15 is 0 Å². The van der Waals surface area contributed by atoms with Crippen LogP contribution in [0.3, 0.4) is 0 Å². The van der Waals surface area contributed by atoms with Crippen LogP contribution >= 0.6 is 11.6 Å². The molecule has 2 N–H and O–H groups in total. The monoisotopic (exact) mass is 275 g/mol. The largest absolute Gasteiger partial charge is 0.495 e. The van der Waals surface area contributed by atoms with E-state index in [0.29, 0.717) is 10.8 Å². The van der Waals surface area contributed by atoms with Gasteiger partial charge in [-0.2, -0.15) is 0 Å². The molecular formula is C16H18ClNO. The SMILES string of the molecule is COc1ccc(C(N)Cc2ccc(C)cc2)cc1Cl. The summed E-state index contributed by atoms with van der Waals surface area (Å²) in [4.78, 5) is 0. The molecule has 0 bridgehead atoms. The van der Waals surface area contributed by atoms with Crippen LogP contribution < -0.4 is 10.5 Å². The van der Waals surface area contributed by atoms with E-state index in [1.54, 1.807) is 7.11 Å². The molecule has 2 rings (SSSR count). The molecule has 1 atom stereocenters. The van der Waals surface area contributed by atoms with Gasteiger partial charge in [-0.05, 0) is 36.6 Å². The van der Waals surface area contributed by atoms with Gasteiger partial charge >= 0.3 is 0 Å². The number of rotatable bonds is 4. The molecule has 0 aliphatic rings. The van der Waals surface area contributed by atoms with Crippen LogP contribution in [-0.4, -0.2) is 7.11 Å². The van der Waals surface area contributed by atoms with Gasteiger partial charge in [0.1, 0.15) is 5.75 Å². The first-order chi connectivity index (χ1) is 9.10. The molecule has 2 aromatic rings. The van der Waals surface area contributed by atoms with E-state index in [1.165, 1.54) is 11.1 Å². The molecule has 2 aromatic carbocycles. The first kappa shape index (κ1) is 13.9. The maximum Gasteiger partial charge on any atom is 0.137 e. The van der Waals surface area contributed by atoms with Crippen molar-refractivity contribution in [1.29, 1.82) is 0 Å². The Hall–Kier alpha value is -1.51. The summed E-state index contributed by atoms with van der Waals surface area (Å²) in [5.41, 5.74) is 9.73. The van der Waals surface area contributed by atoms with Crippen molar-refractivity contribution in [3.63, 3.8) is 0 Å². The first-order valence-corrected chi connectivity index (χ1v) is 6.62. The van der Waals surface area contributed by atoms with Gasteiger partial charge in [-0.15, -0.1) is 0 Å². The van der Waals surface area contributed by atoms with E-state index in [2.05, 4.69) is 31.2 Å². The Morgan fingerprint density at radius 2 is 1.84 bits per heavy atom. The predicted molar refractivity (Wildman–Crippen MR) is 79.8 cm³/mol. The summed E-state index contributed by atoms with van der Waals surface area (Å²) in [6.45, 7) is 2.08. The Bertz CT molecular complexity index is 551. The third kappa shape index (κ3) is 3.49. The molecule has 0 heterocycles. The minimum absolute atomic E-state index is 0.0638. The van der Waals surface area contributed by atoms with Crippen LogP contribution in [0.4, 0.5) is 0 Å². The maximum absolute atomic E-state index is 6.23. The van der Waals surface area contributed by atoms with Crippen molar-refractivity contribution in [2.24, 2.45) is 5.73 Å². The lowest BCUT2D eigenvalue weighted by Crippen LogP contribution is -2.13. The fourth-order valence-corrected chi connectivity index (χ4v) is 2.28. The normalized spacial score (nSPS) is 12.2. The van der Waals surface area contributed by atoms with Crippen LogP contribution in [-0.2, 0) is 6.42 Å².